The maximum absolute atomic E-state index is 13.5. The second-order valence-corrected chi connectivity index (χ2v) is 6.78. The van der Waals surface area contributed by atoms with Gasteiger partial charge in [0.2, 0.25) is 0 Å². The minimum atomic E-state index is -1.25. The zero-order valence-electron chi connectivity index (χ0n) is 13.1. The maximum Gasteiger partial charge on any atom is 0.408 e. The van der Waals surface area contributed by atoms with E-state index in [0.717, 1.165) is 23.9 Å². The molecule has 23 heavy (non-hydrogen) atoms. The quantitative estimate of drug-likeness (QED) is 0.827. The van der Waals surface area contributed by atoms with Gasteiger partial charge in [-0.05, 0) is 32.9 Å². The lowest BCUT2D eigenvalue weighted by atomic mass is 10.2. The van der Waals surface area contributed by atoms with Crippen molar-refractivity contribution in [2.45, 2.75) is 38.2 Å². The number of amides is 1. The Kier molecular flexibility index (Phi) is 6.80. The standard InChI is InChI=1S/C15H19F2NO4S/c1-15(2,3)22-14(21)18-12(13(19)20)8-23-7-9-10(16)5-4-6-11(9)17/h4-6,12H,7-8H2,1-3H3,(H,18,21)(H,19,20). The molecule has 0 aliphatic rings. The smallest absolute Gasteiger partial charge is 0.408 e. The number of halogens is 2. The van der Waals surface area contributed by atoms with Crippen LogP contribution >= 0.6 is 11.8 Å². The highest BCUT2D eigenvalue weighted by atomic mass is 32.2. The number of rotatable bonds is 6. The van der Waals surface area contributed by atoms with Gasteiger partial charge in [0, 0.05) is 17.1 Å². The van der Waals surface area contributed by atoms with Crippen LogP contribution in [-0.4, -0.2) is 34.6 Å². The molecule has 0 radical (unpaired) electrons. The van der Waals surface area contributed by atoms with Crippen LogP contribution in [0.4, 0.5) is 13.6 Å². The summed E-state index contributed by atoms with van der Waals surface area (Å²) in [6.45, 7) is 4.95. The molecule has 128 valence electrons. The van der Waals surface area contributed by atoms with E-state index in [2.05, 4.69) is 5.32 Å². The third-order valence-electron chi connectivity index (χ3n) is 2.58. The van der Waals surface area contributed by atoms with Crippen molar-refractivity contribution in [3.05, 3.63) is 35.4 Å². The Bertz CT molecular complexity index is 555. The topological polar surface area (TPSA) is 75.6 Å². The number of hydrogen-bond donors (Lipinski definition) is 2. The predicted molar refractivity (Wildman–Crippen MR) is 83.3 cm³/mol. The molecule has 5 nitrogen and oxygen atoms in total. The minimum Gasteiger partial charge on any atom is -0.480 e. The lowest BCUT2D eigenvalue weighted by Crippen LogP contribution is -2.44. The van der Waals surface area contributed by atoms with Crippen LogP contribution in [0.1, 0.15) is 26.3 Å². The first-order valence-corrected chi connectivity index (χ1v) is 7.98. The van der Waals surface area contributed by atoms with Crippen molar-refractivity contribution >= 4 is 23.8 Å². The molecule has 1 aromatic carbocycles. The summed E-state index contributed by atoms with van der Waals surface area (Å²) in [5, 5.41) is 11.3. The van der Waals surface area contributed by atoms with E-state index in [9.17, 15) is 18.4 Å². The molecular weight excluding hydrogens is 328 g/mol. The first-order valence-electron chi connectivity index (χ1n) is 6.83. The van der Waals surface area contributed by atoms with Gasteiger partial charge < -0.3 is 15.2 Å². The van der Waals surface area contributed by atoms with Crippen molar-refractivity contribution in [3.63, 3.8) is 0 Å². The fourth-order valence-corrected chi connectivity index (χ4v) is 2.63. The summed E-state index contributed by atoms with van der Waals surface area (Å²) in [6, 6.07) is 2.30. The van der Waals surface area contributed by atoms with E-state index >= 15 is 0 Å². The van der Waals surface area contributed by atoms with E-state index in [0.29, 0.717) is 0 Å². The van der Waals surface area contributed by atoms with Crippen molar-refractivity contribution in [2.75, 3.05) is 5.75 Å². The molecule has 0 heterocycles. The van der Waals surface area contributed by atoms with Gasteiger partial charge >= 0.3 is 12.1 Å². The van der Waals surface area contributed by atoms with Crippen molar-refractivity contribution in [3.8, 4) is 0 Å². The number of carbonyl (C=O) groups is 2. The summed E-state index contributed by atoms with van der Waals surface area (Å²) in [4.78, 5) is 22.7. The average Bonchev–Trinajstić information content (AvgIpc) is 2.38. The number of carbonyl (C=O) groups excluding carboxylic acids is 1. The number of ether oxygens (including phenoxy) is 1. The summed E-state index contributed by atoms with van der Waals surface area (Å²) < 4.78 is 31.9. The highest BCUT2D eigenvalue weighted by molar-refractivity contribution is 7.98. The fraction of sp³-hybridized carbons (Fsp3) is 0.467. The van der Waals surface area contributed by atoms with E-state index in [1.807, 2.05) is 0 Å². The second kappa shape index (κ2) is 8.14. The maximum atomic E-state index is 13.5. The van der Waals surface area contributed by atoms with Crippen molar-refractivity contribution in [2.24, 2.45) is 0 Å². The highest BCUT2D eigenvalue weighted by Gasteiger charge is 2.24. The molecule has 1 atom stereocenters. The largest absolute Gasteiger partial charge is 0.480 e. The van der Waals surface area contributed by atoms with Crippen LogP contribution in [0.5, 0.6) is 0 Å². The van der Waals surface area contributed by atoms with Crippen molar-refractivity contribution in [1.29, 1.82) is 0 Å². The van der Waals surface area contributed by atoms with Gasteiger partial charge in [0.1, 0.15) is 23.3 Å². The Morgan fingerprint density at radius 2 is 1.87 bits per heavy atom. The van der Waals surface area contributed by atoms with Gasteiger partial charge in [-0.15, -0.1) is 0 Å². The van der Waals surface area contributed by atoms with E-state index in [4.69, 9.17) is 9.84 Å². The van der Waals surface area contributed by atoms with E-state index in [1.165, 1.54) is 6.07 Å². The van der Waals surface area contributed by atoms with Gasteiger partial charge in [0.15, 0.2) is 0 Å². The summed E-state index contributed by atoms with van der Waals surface area (Å²) in [6.07, 6.45) is -0.859. The molecule has 8 heteroatoms. The molecular formula is C15H19F2NO4S. The molecule has 1 amide bonds. The molecule has 0 aromatic heterocycles. The predicted octanol–water partition coefficient (Wildman–Crippen LogP) is 3.18. The van der Waals surface area contributed by atoms with Crippen molar-refractivity contribution in [1.82, 2.24) is 5.32 Å². The van der Waals surface area contributed by atoms with Gasteiger partial charge in [-0.3, -0.25) is 0 Å². The normalized spacial score (nSPS) is 12.6. The summed E-state index contributed by atoms with van der Waals surface area (Å²) in [5.74, 6) is -2.73. The van der Waals surface area contributed by atoms with Crippen LogP contribution in [0.2, 0.25) is 0 Å². The van der Waals surface area contributed by atoms with Gasteiger partial charge in [0.05, 0.1) is 0 Å². The number of alkyl carbamates (subject to hydrolysis) is 1. The third-order valence-corrected chi connectivity index (χ3v) is 3.64. The minimum absolute atomic E-state index is 0.0434. The first kappa shape index (κ1) is 19.2. The van der Waals surface area contributed by atoms with Crippen LogP contribution in [0.25, 0.3) is 0 Å². The number of carboxylic acid groups (broad SMARTS) is 1. The number of thioether (sulfide) groups is 1. The van der Waals surface area contributed by atoms with Gasteiger partial charge in [-0.2, -0.15) is 11.8 Å². The zero-order valence-corrected chi connectivity index (χ0v) is 13.9. The SMILES string of the molecule is CC(C)(C)OC(=O)NC(CSCc1c(F)cccc1F)C(=O)O. The Balaban J connectivity index is 2.57. The molecule has 1 unspecified atom stereocenters. The summed E-state index contributed by atoms with van der Waals surface area (Å²) in [5.41, 5.74) is -0.879. The molecule has 1 rings (SSSR count). The Labute approximate surface area is 137 Å². The van der Waals surface area contributed by atoms with Crippen LogP contribution < -0.4 is 5.32 Å². The number of benzene rings is 1. The van der Waals surface area contributed by atoms with E-state index in [1.54, 1.807) is 20.8 Å². The summed E-state index contributed by atoms with van der Waals surface area (Å²) in [7, 11) is 0. The van der Waals surface area contributed by atoms with Crippen LogP contribution in [0, 0.1) is 11.6 Å². The lowest BCUT2D eigenvalue weighted by Gasteiger charge is -2.21. The zero-order chi connectivity index (χ0) is 17.6. The molecule has 1 aromatic rings. The average molecular weight is 347 g/mol. The Morgan fingerprint density at radius 1 is 1.30 bits per heavy atom. The number of nitrogens with one attached hydrogen (secondary N) is 1. The molecule has 0 saturated carbocycles. The summed E-state index contributed by atoms with van der Waals surface area (Å²) >= 11 is 1.000. The van der Waals surface area contributed by atoms with Crippen molar-refractivity contribution < 1.29 is 28.2 Å². The molecule has 0 fully saturated rings. The first-order chi connectivity index (χ1) is 10.6. The molecule has 0 bridgehead atoms. The van der Waals surface area contributed by atoms with Crippen LogP contribution in [0.3, 0.4) is 0 Å². The molecule has 0 aliphatic carbocycles. The van der Waals surface area contributed by atoms with Crippen LogP contribution in [-0.2, 0) is 15.3 Å². The van der Waals surface area contributed by atoms with Gasteiger partial charge in [0.25, 0.3) is 0 Å². The fourth-order valence-electron chi connectivity index (χ4n) is 1.57. The molecule has 0 spiro atoms. The lowest BCUT2D eigenvalue weighted by molar-refractivity contribution is -0.138. The van der Waals surface area contributed by atoms with Crippen LogP contribution in [0.15, 0.2) is 18.2 Å². The number of aliphatic carboxylic acids is 1. The molecule has 2 N–H and O–H groups in total. The molecule has 0 saturated heterocycles. The highest BCUT2D eigenvalue weighted by Crippen LogP contribution is 2.19. The van der Waals surface area contributed by atoms with E-state index < -0.39 is 35.3 Å². The van der Waals surface area contributed by atoms with E-state index in [-0.39, 0.29) is 17.1 Å². The van der Waals surface area contributed by atoms with Gasteiger partial charge in [-0.1, -0.05) is 6.07 Å². The number of hydrogen-bond acceptors (Lipinski definition) is 4. The second-order valence-electron chi connectivity index (χ2n) is 5.75. The Hall–Kier alpha value is -1.83. The Morgan fingerprint density at radius 3 is 2.35 bits per heavy atom. The monoisotopic (exact) mass is 347 g/mol. The number of carboxylic acids is 1. The molecule has 0 aliphatic heterocycles. The third kappa shape index (κ3) is 6.85. The van der Waals surface area contributed by atoms with Gasteiger partial charge in [-0.25, -0.2) is 18.4 Å².